The summed E-state index contributed by atoms with van der Waals surface area (Å²) in [5.74, 6) is 0.477. The van der Waals surface area contributed by atoms with E-state index in [4.69, 9.17) is 5.73 Å². The van der Waals surface area contributed by atoms with Crippen LogP contribution in [0.3, 0.4) is 0 Å². The molecule has 1 heterocycles. The second-order valence-corrected chi connectivity index (χ2v) is 3.85. The Hall–Kier alpha value is -1.23. The highest BCUT2D eigenvalue weighted by Crippen LogP contribution is 2.11. The predicted molar refractivity (Wildman–Crippen MR) is 62.5 cm³/mol. The lowest BCUT2D eigenvalue weighted by Crippen LogP contribution is -2.36. The van der Waals surface area contributed by atoms with E-state index < -0.39 is 5.82 Å². The van der Waals surface area contributed by atoms with Crippen LogP contribution >= 0.6 is 0 Å². The molecule has 0 bridgehead atoms. The summed E-state index contributed by atoms with van der Waals surface area (Å²) in [5.41, 5.74) is 6.02. The Kier molecular flexibility index (Phi) is 5.11. The Balaban J connectivity index is 2.42. The number of halogens is 1. The third-order valence-corrected chi connectivity index (χ3v) is 2.77. The molecule has 0 aliphatic heterocycles. The number of nitrogens with one attached hydrogen (secondary N) is 1. The molecule has 3 N–H and O–H groups in total. The van der Waals surface area contributed by atoms with E-state index in [2.05, 4.69) is 29.1 Å². The maximum Gasteiger partial charge on any atom is 0.222 e. The molecule has 0 aliphatic rings. The van der Waals surface area contributed by atoms with Gasteiger partial charge in [0.15, 0.2) is 5.82 Å². The minimum absolute atomic E-state index is 0.0728. The second kappa shape index (κ2) is 6.37. The molecule has 1 unspecified atom stereocenters. The summed E-state index contributed by atoms with van der Waals surface area (Å²) in [5, 5.41) is 3.01. The summed E-state index contributed by atoms with van der Waals surface area (Å²) < 4.78 is 12.5. The lowest BCUT2D eigenvalue weighted by Gasteiger charge is -2.21. The largest absolute Gasteiger partial charge is 0.353 e. The van der Waals surface area contributed by atoms with Gasteiger partial charge in [-0.05, 0) is 5.92 Å². The van der Waals surface area contributed by atoms with Crippen LogP contribution in [-0.4, -0.2) is 22.6 Å². The molecule has 1 aromatic heterocycles. The minimum atomic E-state index is -0.435. The zero-order valence-electron chi connectivity index (χ0n) is 9.78. The van der Waals surface area contributed by atoms with E-state index in [9.17, 15) is 4.39 Å². The minimum Gasteiger partial charge on any atom is -0.353 e. The first-order valence-corrected chi connectivity index (χ1v) is 5.64. The van der Waals surface area contributed by atoms with Gasteiger partial charge in [0, 0.05) is 12.6 Å². The van der Waals surface area contributed by atoms with Gasteiger partial charge in [-0.3, -0.25) is 0 Å². The molecule has 90 valence electrons. The topological polar surface area (TPSA) is 63.8 Å². The molecule has 0 aromatic carbocycles. The van der Waals surface area contributed by atoms with Crippen molar-refractivity contribution < 1.29 is 4.39 Å². The number of rotatable bonds is 6. The quantitative estimate of drug-likeness (QED) is 0.776. The fourth-order valence-corrected chi connectivity index (χ4v) is 1.67. The van der Waals surface area contributed by atoms with Gasteiger partial charge in [-0.2, -0.15) is 0 Å². The summed E-state index contributed by atoms with van der Waals surface area (Å²) in [4.78, 5) is 7.62. The standard InChI is InChI=1S/C11H19FN4/c1-3-8(4-2)10(13)7-16-11-14-5-9(12)6-15-11/h5-6,8,10H,3-4,7,13H2,1-2H3,(H,14,15,16). The number of nitrogens with two attached hydrogens (primary N) is 1. The van der Waals surface area contributed by atoms with Crippen molar-refractivity contribution in [3.05, 3.63) is 18.2 Å². The van der Waals surface area contributed by atoms with Crippen molar-refractivity contribution in [1.82, 2.24) is 9.97 Å². The Bertz CT molecular complexity index is 297. The number of hydrogen-bond acceptors (Lipinski definition) is 4. The molecule has 16 heavy (non-hydrogen) atoms. The molecule has 0 radical (unpaired) electrons. The molecular weight excluding hydrogens is 207 g/mol. The third kappa shape index (κ3) is 3.73. The van der Waals surface area contributed by atoms with E-state index in [1.54, 1.807) is 0 Å². The summed E-state index contributed by atoms with van der Waals surface area (Å²) >= 11 is 0. The van der Waals surface area contributed by atoms with Crippen LogP contribution in [0.4, 0.5) is 10.3 Å². The average molecular weight is 226 g/mol. The highest BCUT2D eigenvalue weighted by molar-refractivity contribution is 5.22. The van der Waals surface area contributed by atoms with Crippen molar-refractivity contribution in [2.45, 2.75) is 32.7 Å². The number of hydrogen-bond donors (Lipinski definition) is 2. The first kappa shape index (κ1) is 12.8. The van der Waals surface area contributed by atoms with Gasteiger partial charge >= 0.3 is 0 Å². The van der Waals surface area contributed by atoms with Gasteiger partial charge in [0.05, 0.1) is 12.4 Å². The Morgan fingerprint density at radius 1 is 1.31 bits per heavy atom. The third-order valence-electron chi connectivity index (χ3n) is 2.77. The van der Waals surface area contributed by atoms with E-state index in [1.165, 1.54) is 0 Å². The van der Waals surface area contributed by atoms with Crippen LogP contribution in [0.15, 0.2) is 12.4 Å². The molecule has 0 amide bonds. The van der Waals surface area contributed by atoms with E-state index in [1.807, 2.05) is 0 Å². The fraction of sp³-hybridized carbons (Fsp3) is 0.636. The molecule has 4 nitrogen and oxygen atoms in total. The molecule has 1 atom stereocenters. The maximum absolute atomic E-state index is 12.5. The Morgan fingerprint density at radius 2 is 1.88 bits per heavy atom. The molecule has 0 saturated heterocycles. The van der Waals surface area contributed by atoms with Crippen molar-refractivity contribution in [2.24, 2.45) is 11.7 Å². The van der Waals surface area contributed by atoms with Crippen LogP contribution in [0.5, 0.6) is 0 Å². The van der Waals surface area contributed by atoms with Crippen molar-refractivity contribution in [1.29, 1.82) is 0 Å². The van der Waals surface area contributed by atoms with Crippen LogP contribution in [0, 0.1) is 11.7 Å². The zero-order valence-corrected chi connectivity index (χ0v) is 9.78. The van der Waals surface area contributed by atoms with Gasteiger partial charge < -0.3 is 11.1 Å². The molecule has 0 saturated carbocycles. The molecule has 5 heteroatoms. The molecule has 1 aromatic rings. The molecular formula is C11H19FN4. The van der Waals surface area contributed by atoms with Gasteiger partial charge in [0.2, 0.25) is 5.95 Å². The molecule has 0 fully saturated rings. The van der Waals surface area contributed by atoms with Gasteiger partial charge in [0.1, 0.15) is 0 Å². The molecule has 0 spiro atoms. The predicted octanol–water partition coefficient (Wildman–Crippen LogP) is 1.79. The summed E-state index contributed by atoms with van der Waals surface area (Å²) in [6, 6.07) is 0.0728. The monoisotopic (exact) mass is 226 g/mol. The van der Waals surface area contributed by atoms with Crippen LogP contribution < -0.4 is 11.1 Å². The van der Waals surface area contributed by atoms with Crippen molar-refractivity contribution >= 4 is 5.95 Å². The first-order chi connectivity index (χ1) is 7.67. The van der Waals surface area contributed by atoms with E-state index in [0.29, 0.717) is 18.4 Å². The van der Waals surface area contributed by atoms with Crippen molar-refractivity contribution in [3.63, 3.8) is 0 Å². The average Bonchev–Trinajstić information content (AvgIpc) is 2.30. The van der Waals surface area contributed by atoms with Gasteiger partial charge in [-0.25, -0.2) is 14.4 Å². The lowest BCUT2D eigenvalue weighted by molar-refractivity contribution is 0.407. The summed E-state index contributed by atoms with van der Waals surface area (Å²) in [7, 11) is 0. The number of aromatic nitrogens is 2. The van der Waals surface area contributed by atoms with Crippen molar-refractivity contribution in [2.75, 3.05) is 11.9 Å². The summed E-state index contributed by atoms with van der Waals surface area (Å²) in [6.45, 7) is 4.86. The fourth-order valence-electron chi connectivity index (χ4n) is 1.67. The smallest absolute Gasteiger partial charge is 0.222 e. The van der Waals surface area contributed by atoms with Gasteiger partial charge in [0.25, 0.3) is 0 Å². The van der Waals surface area contributed by atoms with E-state index in [0.717, 1.165) is 25.2 Å². The van der Waals surface area contributed by atoms with Crippen molar-refractivity contribution in [3.8, 4) is 0 Å². The van der Waals surface area contributed by atoms with E-state index in [-0.39, 0.29) is 6.04 Å². The Labute approximate surface area is 95.5 Å². The SMILES string of the molecule is CCC(CC)C(N)CNc1ncc(F)cn1. The highest BCUT2D eigenvalue weighted by atomic mass is 19.1. The lowest BCUT2D eigenvalue weighted by atomic mass is 9.95. The molecule has 1 rings (SSSR count). The second-order valence-electron chi connectivity index (χ2n) is 3.85. The Morgan fingerprint density at radius 3 is 2.38 bits per heavy atom. The van der Waals surface area contributed by atoms with Crippen LogP contribution in [0.2, 0.25) is 0 Å². The molecule has 0 aliphatic carbocycles. The van der Waals surface area contributed by atoms with Crippen LogP contribution in [0.1, 0.15) is 26.7 Å². The zero-order chi connectivity index (χ0) is 12.0. The van der Waals surface area contributed by atoms with Crippen LogP contribution in [-0.2, 0) is 0 Å². The maximum atomic E-state index is 12.5. The number of nitrogens with zero attached hydrogens (tertiary/aromatic N) is 2. The normalized spacial score (nSPS) is 12.8. The first-order valence-electron chi connectivity index (χ1n) is 5.64. The van der Waals surface area contributed by atoms with E-state index >= 15 is 0 Å². The number of anilines is 1. The van der Waals surface area contributed by atoms with Gasteiger partial charge in [-0.15, -0.1) is 0 Å². The van der Waals surface area contributed by atoms with Gasteiger partial charge in [-0.1, -0.05) is 26.7 Å². The summed E-state index contributed by atoms with van der Waals surface area (Å²) in [6.07, 6.45) is 4.39. The van der Waals surface area contributed by atoms with Crippen LogP contribution in [0.25, 0.3) is 0 Å². The highest BCUT2D eigenvalue weighted by Gasteiger charge is 2.13.